The lowest BCUT2D eigenvalue weighted by molar-refractivity contribution is 0.0991. The van der Waals surface area contributed by atoms with Gasteiger partial charge in [0, 0.05) is 11.1 Å². The third-order valence-corrected chi connectivity index (χ3v) is 4.16. The highest BCUT2D eigenvalue weighted by atomic mass is 16.1. The molecule has 0 unspecified atom stereocenters. The van der Waals surface area contributed by atoms with Crippen molar-refractivity contribution in [2.75, 3.05) is 0 Å². The predicted molar refractivity (Wildman–Crippen MR) is 85.6 cm³/mol. The average molecular weight is 294 g/mol. The molecule has 2 aromatic carbocycles. The first kappa shape index (κ1) is 14.3. The second-order valence-electron chi connectivity index (χ2n) is 5.83. The number of primary amides is 2. The molecular weight excluding hydrogens is 276 g/mol. The molecule has 0 saturated heterocycles. The molecule has 0 spiro atoms. The maximum atomic E-state index is 11.8. The van der Waals surface area contributed by atoms with Crippen LogP contribution in [0.3, 0.4) is 0 Å². The zero-order valence-electron chi connectivity index (χ0n) is 12.4. The van der Waals surface area contributed by atoms with Gasteiger partial charge in [-0.3, -0.25) is 9.59 Å². The second kappa shape index (κ2) is 5.30. The number of aryl methyl sites for hydroxylation is 1. The van der Waals surface area contributed by atoms with E-state index in [4.69, 9.17) is 11.5 Å². The summed E-state index contributed by atoms with van der Waals surface area (Å²) in [6.45, 7) is 2.02. The van der Waals surface area contributed by atoms with Crippen molar-refractivity contribution in [1.82, 2.24) is 0 Å². The number of hydrogen-bond donors (Lipinski definition) is 2. The van der Waals surface area contributed by atoms with Gasteiger partial charge in [-0.1, -0.05) is 18.2 Å². The van der Waals surface area contributed by atoms with Crippen molar-refractivity contribution in [2.24, 2.45) is 11.5 Å². The molecule has 0 aliphatic heterocycles. The monoisotopic (exact) mass is 294 g/mol. The number of carbonyl (C=O) groups is 2. The fourth-order valence-electron chi connectivity index (χ4n) is 2.80. The van der Waals surface area contributed by atoms with Gasteiger partial charge in [-0.05, 0) is 66.1 Å². The molecule has 1 fully saturated rings. The molecule has 1 saturated carbocycles. The minimum absolute atomic E-state index is 0.392. The molecule has 3 rings (SSSR count). The highest BCUT2D eigenvalue weighted by Crippen LogP contribution is 2.43. The van der Waals surface area contributed by atoms with Gasteiger partial charge in [0.2, 0.25) is 11.8 Å². The van der Waals surface area contributed by atoms with Crippen molar-refractivity contribution in [3.05, 3.63) is 58.7 Å². The van der Waals surface area contributed by atoms with Gasteiger partial charge in [-0.2, -0.15) is 0 Å². The molecular formula is C18H18N2O2. The van der Waals surface area contributed by atoms with Gasteiger partial charge in [0.05, 0.1) is 0 Å². The third-order valence-electron chi connectivity index (χ3n) is 4.16. The lowest BCUT2D eigenvalue weighted by atomic mass is 9.92. The Hall–Kier alpha value is -2.62. The van der Waals surface area contributed by atoms with Crippen LogP contribution in [0, 0.1) is 6.92 Å². The molecule has 0 atom stereocenters. The van der Waals surface area contributed by atoms with Crippen LogP contribution in [-0.4, -0.2) is 11.8 Å². The van der Waals surface area contributed by atoms with E-state index in [1.54, 1.807) is 12.1 Å². The molecule has 1 aliphatic carbocycles. The van der Waals surface area contributed by atoms with Gasteiger partial charge in [0.25, 0.3) is 0 Å². The van der Waals surface area contributed by atoms with Crippen LogP contribution in [0.2, 0.25) is 0 Å². The van der Waals surface area contributed by atoms with E-state index >= 15 is 0 Å². The summed E-state index contributed by atoms with van der Waals surface area (Å²) >= 11 is 0. The summed E-state index contributed by atoms with van der Waals surface area (Å²) < 4.78 is 0. The molecule has 2 aromatic rings. The summed E-state index contributed by atoms with van der Waals surface area (Å²) in [5, 5.41) is 0. The molecule has 112 valence electrons. The van der Waals surface area contributed by atoms with Crippen LogP contribution in [0.15, 0.2) is 36.4 Å². The van der Waals surface area contributed by atoms with Crippen LogP contribution in [0.5, 0.6) is 0 Å². The average Bonchev–Trinajstić information content (AvgIpc) is 3.31. The van der Waals surface area contributed by atoms with Crippen molar-refractivity contribution < 1.29 is 9.59 Å². The first-order valence-electron chi connectivity index (χ1n) is 7.32. The van der Waals surface area contributed by atoms with Crippen molar-refractivity contribution >= 4 is 11.8 Å². The predicted octanol–water partition coefficient (Wildman–Crippen LogP) is 2.74. The van der Waals surface area contributed by atoms with Crippen LogP contribution in [0.4, 0.5) is 0 Å². The zero-order valence-corrected chi connectivity index (χ0v) is 12.4. The number of nitrogens with two attached hydrogens (primary N) is 2. The third kappa shape index (κ3) is 2.60. The SMILES string of the molecule is Cc1cc(C2CC2)c(C(N)=O)cc1-c1ccc(C(N)=O)cc1. The lowest BCUT2D eigenvalue weighted by Gasteiger charge is -2.13. The van der Waals surface area contributed by atoms with Gasteiger partial charge in [-0.25, -0.2) is 0 Å². The molecule has 22 heavy (non-hydrogen) atoms. The van der Waals surface area contributed by atoms with E-state index in [1.165, 1.54) is 0 Å². The van der Waals surface area contributed by atoms with Crippen LogP contribution >= 0.6 is 0 Å². The summed E-state index contributed by atoms with van der Waals surface area (Å²) in [6, 6.07) is 11.0. The van der Waals surface area contributed by atoms with Gasteiger partial charge in [-0.15, -0.1) is 0 Å². The molecule has 0 bridgehead atoms. The van der Waals surface area contributed by atoms with E-state index in [-0.39, 0.29) is 0 Å². The molecule has 2 amide bonds. The molecule has 4 nitrogen and oxygen atoms in total. The summed E-state index contributed by atoms with van der Waals surface area (Å²) in [4.78, 5) is 22.9. The minimum Gasteiger partial charge on any atom is -0.366 e. The lowest BCUT2D eigenvalue weighted by Crippen LogP contribution is -2.14. The minimum atomic E-state index is -0.454. The molecule has 0 heterocycles. The van der Waals surface area contributed by atoms with Crippen LogP contribution in [0.1, 0.15) is 50.6 Å². The largest absolute Gasteiger partial charge is 0.366 e. The van der Waals surface area contributed by atoms with E-state index in [9.17, 15) is 9.59 Å². The van der Waals surface area contributed by atoms with E-state index in [2.05, 4.69) is 6.07 Å². The van der Waals surface area contributed by atoms with E-state index in [0.717, 1.165) is 35.1 Å². The number of amides is 2. The molecule has 0 radical (unpaired) electrons. The maximum Gasteiger partial charge on any atom is 0.249 e. The van der Waals surface area contributed by atoms with Gasteiger partial charge in [0.1, 0.15) is 0 Å². The Morgan fingerprint density at radius 3 is 2.14 bits per heavy atom. The summed E-state index contributed by atoms with van der Waals surface area (Å²) in [6.07, 6.45) is 2.23. The summed E-state index contributed by atoms with van der Waals surface area (Å²) in [5.41, 5.74) is 15.9. The van der Waals surface area contributed by atoms with Crippen molar-refractivity contribution in [3.8, 4) is 11.1 Å². The number of carbonyl (C=O) groups excluding carboxylic acids is 2. The van der Waals surface area contributed by atoms with Gasteiger partial charge < -0.3 is 11.5 Å². The van der Waals surface area contributed by atoms with Crippen molar-refractivity contribution in [2.45, 2.75) is 25.7 Å². The van der Waals surface area contributed by atoms with Gasteiger partial charge >= 0.3 is 0 Å². The molecule has 4 N–H and O–H groups in total. The van der Waals surface area contributed by atoms with Crippen LogP contribution in [-0.2, 0) is 0 Å². The standard InChI is InChI=1S/C18H18N2O2/c1-10-8-15(12-2-3-12)16(18(20)22)9-14(10)11-4-6-13(7-5-11)17(19)21/h4-9,12H,2-3H2,1H3,(H2,19,21)(H2,20,22). The molecule has 0 aromatic heterocycles. The smallest absolute Gasteiger partial charge is 0.249 e. The van der Waals surface area contributed by atoms with Gasteiger partial charge in [0.15, 0.2) is 0 Å². The molecule has 4 heteroatoms. The van der Waals surface area contributed by atoms with Crippen LogP contribution in [0.25, 0.3) is 11.1 Å². The quantitative estimate of drug-likeness (QED) is 0.908. The van der Waals surface area contributed by atoms with E-state index < -0.39 is 11.8 Å². The van der Waals surface area contributed by atoms with Crippen molar-refractivity contribution in [1.29, 1.82) is 0 Å². The van der Waals surface area contributed by atoms with E-state index in [0.29, 0.717) is 17.0 Å². The molecule has 1 aliphatic rings. The number of hydrogen-bond acceptors (Lipinski definition) is 2. The summed E-state index contributed by atoms with van der Waals surface area (Å²) in [5.74, 6) is -0.380. The number of benzene rings is 2. The second-order valence-corrected chi connectivity index (χ2v) is 5.83. The first-order valence-corrected chi connectivity index (χ1v) is 7.32. The first-order chi connectivity index (χ1) is 10.5. The highest BCUT2D eigenvalue weighted by Gasteiger charge is 2.28. The Kier molecular flexibility index (Phi) is 3.45. The Bertz CT molecular complexity index is 759. The van der Waals surface area contributed by atoms with Crippen molar-refractivity contribution in [3.63, 3.8) is 0 Å². The zero-order chi connectivity index (χ0) is 15.9. The van der Waals surface area contributed by atoms with E-state index in [1.807, 2.05) is 25.1 Å². The maximum absolute atomic E-state index is 11.8. The Morgan fingerprint density at radius 2 is 1.64 bits per heavy atom. The fourth-order valence-corrected chi connectivity index (χ4v) is 2.80. The highest BCUT2D eigenvalue weighted by molar-refractivity contribution is 5.97. The summed E-state index contributed by atoms with van der Waals surface area (Å²) in [7, 11) is 0. The van der Waals surface area contributed by atoms with Crippen LogP contribution < -0.4 is 11.5 Å². The normalized spacial score (nSPS) is 13.9. The Morgan fingerprint density at radius 1 is 1.00 bits per heavy atom. The Balaban J connectivity index is 2.08. The Labute approximate surface area is 129 Å². The topological polar surface area (TPSA) is 86.2 Å². The fraction of sp³-hybridized carbons (Fsp3) is 0.222. The number of rotatable bonds is 4.